The number of hydrogen-bond donors (Lipinski definition) is 0. The molecule has 1 aromatic rings. The summed E-state index contributed by atoms with van der Waals surface area (Å²) in [7, 11) is 0. The highest BCUT2D eigenvalue weighted by Crippen LogP contribution is 2.02. The average Bonchev–Trinajstić information content (AvgIpc) is 2.03. The van der Waals surface area contributed by atoms with Gasteiger partial charge in [-0.15, -0.1) is 0 Å². The zero-order valence-electron chi connectivity index (χ0n) is 5.96. The third kappa shape index (κ3) is 2.80. The van der Waals surface area contributed by atoms with Crippen LogP contribution in [0, 0.1) is 0 Å². The molecule has 0 spiro atoms. The van der Waals surface area contributed by atoms with Gasteiger partial charge in [-0.2, -0.15) is 4.39 Å². The van der Waals surface area contributed by atoms with Gasteiger partial charge in [-0.25, -0.2) is 0 Å². The molecular weight excluding hydrogens is 145 g/mol. The Kier molecular flexibility index (Phi) is 2.60. The maximum absolute atomic E-state index is 12.0. The number of nitrogens with zero attached hydrogens (tertiary/aromatic N) is 1. The van der Waals surface area contributed by atoms with Crippen molar-refractivity contribution in [2.24, 2.45) is 0 Å². The van der Waals surface area contributed by atoms with Gasteiger partial charge < -0.3 is 4.74 Å². The molecule has 1 heterocycles. The Morgan fingerprint density at radius 3 is 2.73 bits per heavy atom. The van der Waals surface area contributed by atoms with Gasteiger partial charge in [-0.1, -0.05) is 0 Å². The van der Waals surface area contributed by atoms with E-state index in [1.807, 2.05) is 0 Å². The van der Waals surface area contributed by atoms with E-state index >= 15 is 0 Å². The molecular formula is C8H8FNO. The van der Waals surface area contributed by atoms with Crippen molar-refractivity contribution in [2.45, 2.75) is 6.61 Å². The lowest BCUT2D eigenvalue weighted by molar-refractivity contribution is 0.135. The molecule has 0 atom stereocenters. The minimum atomic E-state index is -0.762. The number of rotatable bonds is 3. The molecule has 0 aliphatic rings. The lowest BCUT2D eigenvalue weighted by atomic mass is 10.3. The SMILES string of the molecule is C=C(F)OCc1ccncc1. The lowest BCUT2D eigenvalue weighted by Gasteiger charge is -2.00. The molecule has 0 saturated carbocycles. The smallest absolute Gasteiger partial charge is 0.265 e. The van der Waals surface area contributed by atoms with Crippen LogP contribution < -0.4 is 0 Å². The van der Waals surface area contributed by atoms with E-state index in [4.69, 9.17) is 0 Å². The predicted molar refractivity (Wildman–Crippen MR) is 39.3 cm³/mol. The number of ether oxygens (including phenoxy) is 1. The van der Waals surface area contributed by atoms with Gasteiger partial charge in [-0.3, -0.25) is 4.98 Å². The summed E-state index contributed by atoms with van der Waals surface area (Å²) in [6.45, 7) is 3.17. The molecule has 0 bridgehead atoms. The fraction of sp³-hybridized carbons (Fsp3) is 0.125. The molecule has 0 unspecified atom stereocenters. The summed E-state index contributed by atoms with van der Waals surface area (Å²) in [6.07, 6.45) is 3.25. The van der Waals surface area contributed by atoms with Gasteiger partial charge in [0.15, 0.2) is 0 Å². The topological polar surface area (TPSA) is 22.1 Å². The second-order valence-electron chi connectivity index (χ2n) is 2.00. The zero-order chi connectivity index (χ0) is 8.10. The highest BCUT2D eigenvalue weighted by Gasteiger charge is 1.92. The summed E-state index contributed by atoms with van der Waals surface area (Å²) < 4.78 is 16.5. The molecule has 0 saturated heterocycles. The van der Waals surface area contributed by atoms with Gasteiger partial charge in [-0.05, 0) is 24.3 Å². The fourth-order valence-corrected chi connectivity index (χ4v) is 0.641. The highest BCUT2D eigenvalue weighted by molar-refractivity contribution is 5.08. The van der Waals surface area contributed by atoms with Crippen molar-refractivity contribution >= 4 is 0 Å². The van der Waals surface area contributed by atoms with Gasteiger partial charge in [0.25, 0.3) is 6.01 Å². The largest absolute Gasteiger partial charge is 0.466 e. The molecule has 1 rings (SSSR count). The first-order valence-electron chi connectivity index (χ1n) is 3.15. The van der Waals surface area contributed by atoms with E-state index in [1.165, 1.54) is 0 Å². The first-order chi connectivity index (χ1) is 5.29. The van der Waals surface area contributed by atoms with Crippen LogP contribution in [-0.4, -0.2) is 4.98 Å². The molecule has 3 heteroatoms. The lowest BCUT2D eigenvalue weighted by Crippen LogP contribution is -1.88. The summed E-state index contributed by atoms with van der Waals surface area (Å²) in [6, 6.07) is 2.74. The molecule has 0 aliphatic carbocycles. The molecule has 11 heavy (non-hydrogen) atoms. The van der Waals surface area contributed by atoms with E-state index in [0.717, 1.165) is 5.56 Å². The van der Waals surface area contributed by atoms with Gasteiger partial charge in [0.2, 0.25) is 0 Å². The van der Waals surface area contributed by atoms with Crippen molar-refractivity contribution in [1.82, 2.24) is 4.98 Å². The number of pyridine rings is 1. The van der Waals surface area contributed by atoms with Crippen molar-refractivity contribution in [3.05, 3.63) is 42.7 Å². The molecule has 1 aromatic heterocycles. The number of halogens is 1. The second-order valence-corrected chi connectivity index (χ2v) is 2.00. The van der Waals surface area contributed by atoms with E-state index < -0.39 is 6.01 Å². The minimum Gasteiger partial charge on any atom is -0.466 e. The fourth-order valence-electron chi connectivity index (χ4n) is 0.641. The van der Waals surface area contributed by atoms with E-state index in [2.05, 4.69) is 16.3 Å². The van der Waals surface area contributed by atoms with Gasteiger partial charge in [0.1, 0.15) is 6.61 Å². The highest BCUT2D eigenvalue weighted by atomic mass is 19.1. The van der Waals surface area contributed by atoms with Crippen LogP contribution in [-0.2, 0) is 11.3 Å². The second kappa shape index (κ2) is 3.71. The average molecular weight is 153 g/mol. The van der Waals surface area contributed by atoms with E-state index in [0.29, 0.717) is 0 Å². The van der Waals surface area contributed by atoms with Crippen LogP contribution >= 0.6 is 0 Å². The van der Waals surface area contributed by atoms with Crippen LogP contribution in [0.1, 0.15) is 5.56 Å². The molecule has 0 aromatic carbocycles. The molecule has 0 N–H and O–H groups in total. The summed E-state index contributed by atoms with van der Waals surface area (Å²) in [5, 5.41) is 0. The van der Waals surface area contributed by atoms with Gasteiger partial charge >= 0.3 is 0 Å². The van der Waals surface area contributed by atoms with Crippen molar-refractivity contribution in [1.29, 1.82) is 0 Å². The van der Waals surface area contributed by atoms with Crippen molar-refractivity contribution in [3.63, 3.8) is 0 Å². The monoisotopic (exact) mass is 153 g/mol. The van der Waals surface area contributed by atoms with Crippen LogP contribution in [0.25, 0.3) is 0 Å². The summed E-state index contributed by atoms with van der Waals surface area (Å²) >= 11 is 0. The summed E-state index contributed by atoms with van der Waals surface area (Å²) in [4.78, 5) is 3.80. The molecule has 2 nitrogen and oxygen atoms in total. The van der Waals surface area contributed by atoms with Crippen LogP contribution in [0.15, 0.2) is 37.1 Å². The first kappa shape index (κ1) is 7.72. The van der Waals surface area contributed by atoms with Crippen LogP contribution in [0.3, 0.4) is 0 Å². The predicted octanol–water partition coefficient (Wildman–Crippen LogP) is 2.04. The summed E-state index contributed by atoms with van der Waals surface area (Å²) in [5.74, 6) is 0. The Morgan fingerprint density at radius 1 is 1.55 bits per heavy atom. The Labute approximate surface area is 64.3 Å². The minimum absolute atomic E-state index is 0.206. The Balaban J connectivity index is 2.45. The first-order valence-corrected chi connectivity index (χ1v) is 3.15. The molecule has 0 radical (unpaired) electrons. The van der Waals surface area contributed by atoms with Crippen LogP contribution in [0.2, 0.25) is 0 Å². The Morgan fingerprint density at radius 2 is 2.18 bits per heavy atom. The van der Waals surface area contributed by atoms with E-state index in [-0.39, 0.29) is 6.61 Å². The van der Waals surface area contributed by atoms with Crippen molar-refractivity contribution in [2.75, 3.05) is 0 Å². The maximum Gasteiger partial charge on any atom is 0.265 e. The quantitative estimate of drug-likeness (QED) is 0.620. The Hall–Kier alpha value is -1.38. The van der Waals surface area contributed by atoms with Gasteiger partial charge in [0.05, 0.1) is 0 Å². The number of hydrogen-bond acceptors (Lipinski definition) is 2. The van der Waals surface area contributed by atoms with Crippen molar-refractivity contribution < 1.29 is 9.13 Å². The van der Waals surface area contributed by atoms with Crippen LogP contribution in [0.4, 0.5) is 4.39 Å². The van der Waals surface area contributed by atoms with E-state index in [1.54, 1.807) is 24.5 Å². The third-order valence-electron chi connectivity index (χ3n) is 1.14. The molecule has 58 valence electrons. The third-order valence-corrected chi connectivity index (χ3v) is 1.14. The van der Waals surface area contributed by atoms with E-state index in [9.17, 15) is 4.39 Å². The normalized spacial score (nSPS) is 9.18. The van der Waals surface area contributed by atoms with Crippen molar-refractivity contribution in [3.8, 4) is 0 Å². The van der Waals surface area contributed by atoms with Crippen LogP contribution in [0.5, 0.6) is 0 Å². The Bertz CT molecular complexity index is 235. The number of aromatic nitrogens is 1. The standard InChI is InChI=1S/C8H8FNO/c1-7(9)11-6-8-2-4-10-5-3-8/h2-5H,1,6H2. The molecule has 0 amide bonds. The van der Waals surface area contributed by atoms with Gasteiger partial charge in [0, 0.05) is 12.4 Å². The molecule has 0 aliphatic heterocycles. The maximum atomic E-state index is 12.0. The molecule has 0 fully saturated rings. The summed E-state index contributed by atoms with van der Waals surface area (Å²) in [5.41, 5.74) is 0.874. The zero-order valence-corrected chi connectivity index (χ0v) is 5.96.